The summed E-state index contributed by atoms with van der Waals surface area (Å²) in [5.41, 5.74) is 3.96. The SMILES string of the molecule is CCc1cc(N2CCc3ccccc3C2)nc(NC(C)C)n1. The van der Waals surface area contributed by atoms with Crippen LogP contribution in [0, 0.1) is 0 Å². The number of aromatic nitrogens is 2. The molecule has 116 valence electrons. The molecule has 1 aliphatic rings. The maximum atomic E-state index is 4.72. The van der Waals surface area contributed by atoms with Crippen molar-refractivity contribution in [3.63, 3.8) is 0 Å². The zero-order chi connectivity index (χ0) is 15.5. The molecule has 1 aromatic heterocycles. The van der Waals surface area contributed by atoms with E-state index in [0.29, 0.717) is 6.04 Å². The van der Waals surface area contributed by atoms with E-state index in [1.807, 2.05) is 0 Å². The predicted octanol–water partition coefficient (Wildman–Crippen LogP) is 3.42. The Morgan fingerprint density at radius 3 is 2.68 bits per heavy atom. The standard InChI is InChI=1S/C18H24N4/c1-4-16-11-17(21-18(20-16)19-13(2)3)22-10-9-14-7-5-6-8-15(14)12-22/h5-8,11,13H,4,9-10,12H2,1-3H3,(H,19,20,21). The van der Waals surface area contributed by atoms with Gasteiger partial charge in [0.2, 0.25) is 5.95 Å². The van der Waals surface area contributed by atoms with E-state index < -0.39 is 0 Å². The number of nitrogens with one attached hydrogen (secondary N) is 1. The first kappa shape index (κ1) is 14.8. The van der Waals surface area contributed by atoms with E-state index in [0.717, 1.165) is 43.4 Å². The topological polar surface area (TPSA) is 41.1 Å². The van der Waals surface area contributed by atoms with Gasteiger partial charge in [0.15, 0.2) is 0 Å². The third-order valence-electron chi connectivity index (χ3n) is 4.00. The summed E-state index contributed by atoms with van der Waals surface area (Å²) in [6.07, 6.45) is 2.00. The molecule has 0 amide bonds. The van der Waals surface area contributed by atoms with Gasteiger partial charge < -0.3 is 10.2 Å². The summed E-state index contributed by atoms with van der Waals surface area (Å²) in [6, 6.07) is 11.2. The summed E-state index contributed by atoms with van der Waals surface area (Å²) in [5, 5.41) is 3.33. The maximum Gasteiger partial charge on any atom is 0.225 e. The van der Waals surface area contributed by atoms with Gasteiger partial charge in [-0.15, -0.1) is 0 Å². The second-order valence-electron chi connectivity index (χ2n) is 6.13. The average molecular weight is 296 g/mol. The van der Waals surface area contributed by atoms with Crippen LogP contribution in [0.2, 0.25) is 0 Å². The Morgan fingerprint density at radius 1 is 1.18 bits per heavy atom. The number of fused-ring (bicyclic) bond motifs is 1. The Labute approximate surface area is 132 Å². The monoisotopic (exact) mass is 296 g/mol. The lowest BCUT2D eigenvalue weighted by Gasteiger charge is -2.30. The van der Waals surface area contributed by atoms with E-state index in [2.05, 4.69) is 66.3 Å². The van der Waals surface area contributed by atoms with E-state index in [4.69, 9.17) is 4.98 Å². The van der Waals surface area contributed by atoms with Gasteiger partial charge in [-0.05, 0) is 37.8 Å². The van der Waals surface area contributed by atoms with Gasteiger partial charge in [-0.1, -0.05) is 31.2 Å². The third-order valence-corrected chi connectivity index (χ3v) is 4.00. The lowest BCUT2D eigenvalue weighted by Crippen LogP contribution is -2.31. The van der Waals surface area contributed by atoms with Gasteiger partial charge in [-0.25, -0.2) is 4.98 Å². The molecular weight excluding hydrogens is 272 g/mol. The van der Waals surface area contributed by atoms with E-state index in [1.165, 1.54) is 11.1 Å². The summed E-state index contributed by atoms with van der Waals surface area (Å²) < 4.78 is 0. The van der Waals surface area contributed by atoms with Crippen molar-refractivity contribution in [2.75, 3.05) is 16.8 Å². The number of hydrogen-bond donors (Lipinski definition) is 1. The van der Waals surface area contributed by atoms with E-state index in [9.17, 15) is 0 Å². The first-order chi connectivity index (χ1) is 10.7. The third kappa shape index (κ3) is 3.21. The van der Waals surface area contributed by atoms with Gasteiger partial charge in [0.1, 0.15) is 5.82 Å². The fraction of sp³-hybridized carbons (Fsp3) is 0.444. The maximum absolute atomic E-state index is 4.72. The number of nitrogens with zero attached hydrogens (tertiary/aromatic N) is 3. The first-order valence-corrected chi connectivity index (χ1v) is 8.12. The van der Waals surface area contributed by atoms with Gasteiger partial charge in [-0.2, -0.15) is 4.98 Å². The van der Waals surface area contributed by atoms with Crippen molar-refractivity contribution in [2.24, 2.45) is 0 Å². The van der Waals surface area contributed by atoms with Crippen molar-refractivity contribution in [1.29, 1.82) is 0 Å². The van der Waals surface area contributed by atoms with Crippen LogP contribution in [0.3, 0.4) is 0 Å². The summed E-state index contributed by atoms with van der Waals surface area (Å²) in [7, 11) is 0. The molecule has 0 fully saturated rings. The Kier molecular flexibility index (Phi) is 4.27. The molecule has 0 saturated carbocycles. The summed E-state index contributed by atoms with van der Waals surface area (Å²) >= 11 is 0. The Bertz CT molecular complexity index is 651. The molecule has 22 heavy (non-hydrogen) atoms. The minimum Gasteiger partial charge on any atom is -0.352 e. The van der Waals surface area contributed by atoms with Crippen LogP contribution in [0.1, 0.15) is 37.6 Å². The molecule has 1 aromatic carbocycles. The number of aryl methyl sites for hydroxylation is 1. The average Bonchev–Trinajstić information content (AvgIpc) is 2.53. The van der Waals surface area contributed by atoms with Crippen LogP contribution >= 0.6 is 0 Å². The zero-order valence-electron chi connectivity index (χ0n) is 13.6. The van der Waals surface area contributed by atoms with Gasteiger partial charge in [-0.3, -0.25) is 0 Å². The molecule has 0 spiro atoms. The van der Waals surface area contributed by atoms with Crippen molar-refractivity contribution in [3.05, 3.63) is 47.2 Å². The second-order valence-corrected chi connectivity index (χ2v) is 6.13. The van der Waals surface area contributed by atoms with Crippen LogP contribution in [0.4, 0.5) is 11.8 Å². The molecule has 3 rings (SSSR count). The van der Waals surface area contributed by atoms with Crippen LogP contribution in [-0.2, 0) is 19.4 Å². The van der Waals surface area contributed by atoms with Crippen LogP contribution in [0.5, 0.6) is 0 Å². The van der Waals surface area contributed by atoms with Gasteiger partial charge in [0, 0.05) is 30.9 Å². The van der Waals surface area contributed by atoms with Crippen molar-refractivity contribution in [1.82, 2.24) is 9.97 Å². The fourth-order valence-electron chi connectivity index (χ4n) is 2.84. The number of rotatable bonds is 4. The van der Waals surface area contributed by atoms with Crippen molar-refractivity contribution in [3.8, 4) is 0 Å². The predicted molar refractivity (Wildman–Crippen MR) is 91.4 cm³/mol. The summed E-state index contributed by atoms with van der Waals surface area (Å²) in [5.74, 6) is 1.77. The lowest BCUT2D eigenvalue weighted by molar-refractivity contribution is 0.716. The largest absolute Gasteiger partial charge is 0.352 e. The summed E-state index contributed by atoms with van der Waals surface area (Å²) in [4.78, 5) is 11.7. The lowest BCUT2D eigenvalue weighted by atomic mass is 10.00. The number of anilines is 2. The Balaban J connectivity index is 1.88. The smallest absolute Gasteiger partial charge is 0.225 e. The van der Waals surface area contributed by atoms with Gasteiger partial charge >= 0.3 is 0 Å². The molecule has 0 aliphatic carbocycles. The molecule has 0 radical (unpaired) electrons. The molecule has 4 heteroatoms. The van der Waals surface area contributed by atoms with Gasteiger partial charge in [0.05, 0.1) is 0 Å². The zero-order valence-corrected chi connectivity index (χ0v) is 13.6. The first-order valence-electron chi connectivity index (χ1n) is 8.12. The number of hydrogen-bond acceptors (Lipinski definition) is 4. The Hall–Kier alpha value is -2.10. The molecule has 2 aromatic rings. The minimum atomic E-state index is 0.335. The van der Waals surface area contributed by atoms with E-state index >= 15 is 0 Å². The molecule has 4 nitrogen and oxygen atoms in total. The minimum absolute atomic E-state index is 0.335. The second kappa shape index (κ2) is 6.34. The van der Waals surface area contributed by atoms with E-state index in [-0.39, 0.29) is 0 Å². The van der Waals surface area contributed by atoms with Gasteiger partial charge in [0.25, 0.3) is 0 Å². The molecule has 0 saturated heterocycles. The van der Waals surface area contributed by atoms with Crippen molar-refractivity contribution < 1.29 is 0 Å². The molecule has 1 aliphatic heterocycles. The Morgan fingerprint density at radius 2 is 1.95 bits per heavy atom. The highest BCUT2D eigenvalue weighted by Crippen LogP contribution is 2.24. The van der Waals surface area contributed by atoms with Crippen LogP contribution in [-0.4, -0.2) is 22.6 Å². The summed E-state index contributed by atoms with van der Waals surface area (Å²) in [6.45, 7) is 8.30. The van der Waals surface area contributed by atoms with Crippen molar-refractivity contribution >= 4 is 11.8 Å². The quantitative estimate of drug-likeness (QED) is 0.938. The number of benzene rings is 1. The highest BCUT2D eigenvalue weighted by Gasteiger charge is 2.18. The molecule has 1 N–H and O–H groups in total. The van der Waals surface area contributed by atoms with Crippen LogP contribution < -0.4 is 10.2 Å². The molecule has 2 heterocycles. The van der Waals surface area contributed by atoms with Crippen LogP contribution in [0.25, 0.3) is 0 Å². The molecule has 0 unspecified atom stereocenters. The molecule has 0 atom stereocenters. The van der Waals surface area contributed by atoms with Crippen LogP contribution in [0.15, 0.2) is 30.3 Å². The fourth-order valence-corrected chi connectivity index (χ4v) is 2.84. The molecule has 0 bridgehead atoms. The van der Waals surface area contributed by atoms with Crippen molar-refractivity contribution in [2.45, 2.75) is 46.2 Å². The highest BCUT2D eigenvalue weighted by atomic mass is 15.2. The highest BCUT2D eigenvalue weighted by molar-refractivity contribution is 5.48. The van der Waals surface area contributed by atoms with E-state index in [1.54, 1.807) is 0 Å². The molecular formula is C18H24N4. The normalized spacial score (nSPS) is 14.1.